The van der Waals surface area contributed by atoms with Crippen LogP contribution in [0, 0.1) is 12.3 Å². The summed E-state index contributed by atoms with van der Waals surface area (Å²) in [5.41, 5.74) is 2.12. The van der Waals surface area contributed by atoms with Crippen molar-refractivity contribution in [3.8, 4) is 12.3 Å². The molecule has 0 saturated heterocycles. The van der Waals surface area contributed by atoms with Crippen molar-refractivity contribution < 1.29 is 14.2 Å². The molecule has 4 aromatic rings. The van der Waals surface area contributed by atoms with Crippen LogP contribution in [0.25, 0.3) is 32.3 Å². The lowest BCUT2D eigenvalue weighted by molar-refractivity contribution is 0.0202. The third-order valence-corrected chi connectivity index (χ3v) is 4.97. The van der Waals surface area contributed by atoms with E-state index >= 15 is 0 Å². The summed E-state index contributed by atoms with van der Waals surface area (Å²) in [5.74, 6) is 2.81. The number of methoxy groups -OCH3 is 1. The molecule has 3 nitrogen and oxygen atoms in total. The van der Waals surface area contributed by atoms with Crippen molar-refractivity contribution in [2.75, 3.05) is 33.5 Å². The zero-order valence-corrected chi connectivity index (χ0v) is 15.5. The summed E-state index contributed by atoms with van der Waals surface area (Å²) in [6.07, 6.45) is 5.71. The van der Waals surface area contributed by atoms with Gasteiger partial charge in [-0.05, 0) is 43.9 Å². The fourth-order valence-corrected chi connectivity index (χ4v) is 3.66. The highest BCUT2D eigenvalue weighted by Crippen LogP contribution is 2.37. The molecule has 0 bridgehead atoms. The minimum atomic E-state index is 0.559. The van der Waals surface area contributed by atoms with E-state index in [1.165, 1.54) is 32.5 Å². The van der Waals surface area contributed by atoms with Gasteiger partial charge in [0.25, 0.3) is 0 Å². The lowest BCUT2D eigenvalue weighted by Crippen LogP contribution is -2.08. The first-order valence-corrected chi connectivity index (χ1v) is 9.14. The number of terminal acetylenes is 1. The lowest BCUT2D eigenvalue weighted by Gasteiger charge is -2.15. The van der Waals surface area contributed by atoms with E-state index in [0.29, 0.717) is 33.0 Å². The van der Waals surface area contributed by atoms with Gasteiger partial charge in [-0.3, -0.25) is 0 Å². The Bertz CT molecular complexity index is 1110. The maximum absolute atomic E-state index is 5.84. The summed E-state index contributed by atoms with van der Waals surface area (Å²) < 4.78 is 16.2. The predicted octanol–water partition coefficient (Wildman–Crippen LogP) is 4.74. The maximum Gasteiger partial charge on any atom is 0.0724 e. The SMILES string of the molecule is C#Cc1ccc2ccc3c(COCCOCCOC)ccc4ccc1c2c43. The van der Waals surface area contributed by atoms with E-state index in [0.717, 1.165) is 10.9 Å². The van der Waals surface area contributed by atoms with E-state index in [-0.39, 0.29) is 0 Å². The largest absolute Gasteiger partial charge is 0.382 e. The molecule has 0 aromatic heterocycles. The molecule has 0 unspecified atom stereocenters. The summed E-state index contributed by atoms with van der Waals surface area (Å²) in [4.78, 5) is 0. The lowest BCUT2D eigenvalue weighted by atomic mass is 9.90. The average Bonchev–Trinajstić information content (AvgIpc) is 2.71. The van der Waals surface area contributed by atoms with Crippen LogP contribution >= 0.6 is 0 Å². The summed E-state index contributed by atoms with van der Waals surface area (Å²) in [7, 11) is 1.67. The minimum Gasteiger partial charge on any atom is -0.382 e. The number of hydrogen-bond acceptors (Lipinski definition) is 3. The Hall–Kier alpha value is -2.64. The maximum atomic E-state index is 5.84. The fourth-order valence-electron chi connectivity index (χ4n) is 3.66. The fraction of sp³-hybridized carbons (Fsp3) is 0.250. The van der Waals surface area contributed by atoms with Gasteiger partial charge in [0.15, 0.2) is 0 Å². The molecule has 0 spiro atoms. The van der Waals surface area contributed by atoms with E-state index in [2.05, 4.69) is 48.4 Å². The summed E-state index contributed by atoms with van der Waals surface area (Å²) in [5, 5.41) is 7.30. The zero-order chi connectivity index (χ0) is 18.6. The summed E-state index contributed by atoms with van der Waals surface area (Å²) in [6.45, 7) is 2.89. The van der Waals surface area contributed by atoms with E-state index in [1.807, 2.05) is 6.07 Å². The Morgan fingerprint density at radius 3 is 2.15 bits per heavy atom. The average molecular weight is 358 g/mol. The topological polar surface area (TPSA) is 27.7 Å². The third kappa shape index (κ3) is 3.36. The van der Waals surface area contributed by atoms with Crippen molar-refractivity contribution in [2.45, 2.75) is 6.61 Å². The second kappa shape index (κ2) is 7.94. The van der Waals surface area contributed by atoms with Crippen LogP contribution in [0.1, 0.15) is 11.1 Å². The van der Waals surface area contributed by atoms with Crippen LogP contribution in [0.5, 0.6) is 0 Å². The minimum absolute atomic E-state index is 0.559. The van der Waals surface area contributed by atoms with Crippen LogP contribution in [0.2, 0.25) is 0 Å². The van der Waals surface area contributed by atoms with Crippen LogP contribution in [0.3, 0.4) is 0 Å². The molecule has 0 atom stereocenters. The number of ether oxygens (including phenoxy) is 3. The van der Waals surface area contributed by atoms with Crippen LogP contribution in [-0.2, 0) is 20.8 Å². The van der Waals surface area contributed by atoms with Gasteiger partial charge >= 0.3 is 0 Å². The molecule has 0 aliphatic heterocycles. The van der Waals surface area contributed by atoms with Crippen molar-refractivity contribution in [3.05, 3.63) is 59.7 Å². The highest BCUT2D eigenvalue weighted by molar-refractivity contribution is 6.24. The van der Waals surface area contributed by atoms with E-state index in [1.54, 1.807) is 7.11 Å². The molecular formula is C24H22O3. The molecule has 0 saturated carbocycles. The smallest absolute Gasteiger partial charge is 0.0724 e. The molecule has 3 heteroatoms. The first kappa shape index (κ1) is 17.8. The van der Waals surface area contributed by atoms with Crippen molar-refractivity contribution >= 4 is 32.3 Å². The molecule has 0 aliphatic rings. The normalized spacial score (nSPS) is 11.6. The quantitative estimate of drug-likeness (QED) is 0.259. The summed E-state index contributed by atoms with van der Waals surface area (Å²) in [6, 6.07) is 17.1. The van der Waals surface area contributed by atoms with Crippen molar-refractivity contribution in [2.24, 2.45) is 0 Å². The number of benzene rings is 4. The highest BCUT2D eigenvalue weighted by Gasteiger charge is 2.12. The Morgan fingerprint density at radius 1 is 0.741 bits per heavy atom. The van der Waals surface area contributed by atoms with Gasteiger partial charge in [0.05, 0.1) is 33.0 Å². The molecule has 0 amide bonds. The Labute approximate surface area is 159 Å². The molecule has 0 heterocycles. The number of rotatable bonds is 8. The Kier molecular flexibility index (Phi) is 5.22. The predicted molar refractivity (Wildman–Crippen MR) is 110 cm³/mol. The van der Waals surface area contributed by atoms with Gasteiger partial charge in [0, 0.05) is 12.7 Å². The van der Waals surface area contributed by atoms with Crippen molar-refractivity contribution in [3.63, 3.8) is 0 Å². The molecular weight excluding hydrogens is 336 g/mol. The van der Waals surface area contributed by atoms with Gasteiger partial charge in [-0.2, -0.15) is 0 Å². The molecule has 4 rings (SSSR count). The Balaban J connectivity index is 1.64. The van der Waals surface area contributed by atoms with Crippen molar-refractivity contribution in [1.82, 2.24) is 0 Å². The van der Waals surface area contributed by atoms with Crippen LogP contribution in [0.4, 0.5) is 0 Å². The van der Waals surface area contributed by atoms with Crippen LogP contribution in [0.15, 0.2) is 48.5 Å². The second-order valence-corrected chi connectivity index (χ2v) is 6.56. The molecule has 27 heavy (non-hydrogen) atoms. The molecule has 136 valence electrons. The monoisotopic (exact) mass is 358 g/mol. The number of hydrogen-bond donors (Lipinski definition) is 0. The molecule has 0 fully saturated rings. The van der Waals surface area contributed by atoms with Crippen LogP contribution < -0.4 is 0 Å². The van der Waals surface area contributed by atoms with Gasteiger partial charge < -0.3 is 14.2 Å². The first-order valence-electron chi connectivity index (χ1n) is 9.14. The molecule has 4 aromatic carbocycles. The molecule has 0 radical (unpaired) electrons. The van der Waals surface area contributed by atoms with Gasteiger partial charge in [-0.25, -0.2) is 0 Å². The molecule has 0 N–H and O–H groups in total. The summed E-state index contributed by atoms with van der Waals surface area (Å²) >= 11 is 0. The van der Waals surface area contributed by atoms with Gasteiger partial charge in [0.1, 0.15) is 0 Å². The first-order chi connectivity index (χ1) is 13.3. The zero-order valence-electron chi connectivity index (χ0n) is 15.5. The van der Waals surface area contributed by atoms with Gasteiger partial charge in [-0.15, -0.1) is 6.42 Å². The standard InChI is InChI=1S/C24H22O3/c1-3-17-4-5-18-9-11-22-20(16-27-15-14-26-13-12-25-2)7-6-19-8-10-21(17)23(18)24(19)22/h1,4-11H,12-16H2,2H3. The Morgan fingerprint density at radius 2 is 1.37 bits per heavy atom. The van der Waals surface area contributed by atoms with Crippen LogP contribution in [-0.4, -0.2) is 33.5 Å². The van der Waals surface area contributed by atoms with E-state index in [9.17, 15) is 0 Å². The second-order valence-electron chi connectivity index (χ2n) is 6.56. The molecule has 0 aliphatic carbocycles. The van der Waals surface area contributed by atoms with Crippen molar-refractivity contribution in [1.29, 1.82) is 0 Å². The highest BCUT2D eigenvalue weighted by atomic mass is 16.5. The van der Waals surface area contributed by atoms with Gasteiger partial charge in [-0.1, -0.05) is 48.4 Å². The van der Waals surface area contributed by atoms with E-state index in [4.69, 9.17) is 20.6 Å². The van der Waals surface area contributed by atoms with E-state index < -0.39 is 0 Å². The third-order valence-electron chi connectivity index (χ3n) is 4.97. The van der Waals surface area contributed by atoms with Gasteiger partial charge in [0.2, 0.25) is 0 Å².